The predicted molar refractivity (Wildman–Crippen MR) is 78.4 cm³/mol. The fourth-order valence-electron chi connectivity index (χ4n) is 2.07. The summed E-state index contributed by atoms with van der Waals surface area (Å²) in [5, 5.41) is 0. The summed E-state index contributed by atoms with van der Waals surface area (Å²) in [5.74, 6) is 1.93. The Morgan fingerprint density at radius 2 is 2.05 bits per heavy atom. The van der Waals surface area contributed by atoms with E-state index in [0.29, 0.717) is 35.7 Å². The molecule has 0 bridgehead atoms. The average Bonchev–Trinajstić information content (AvgIpc) is 2.49. The van der Waals surface area contributed by atoms with Gasteiger partial charge in [-0.2, -0.15) is 0 Å². The van der Waals surface area contributed by atoms with Crippen LogP contribution in [0.15, 0.2) is 27.5 Å². The van der Waals surface area contributed by atoms with Gasteiger partial charge in [-0.05, 0) is 40.5 Å². The van der Waals surface area contributed by atoms with Gasteiger partial charge >= 0.3 is 0 Å². The Morgan fingerprint density at radius 3 is 2.80 bits per heavy atom. The molecule has 0 atom stereocenters. The van der Waals surface area contributed by atoms with Crippen LogP contribution in [0.5, 0.6) is 11.5 Å². The first-order valence-corrected chi connectivity index (χ1v) is 7.17. The normalized spacial score (nSPS) is 13.3. The Balaban J connectivity index is 2.09. The van der Waals surface area contributed by atoms with Crippen molar-refractivity contribution in [2.24, 2.45) is 0 Å². The molecular weight excluding hydrogens is 324 g/mol. The number of ether oxygens (including phenoxy) is 2. The zero-order valence-corrected chi connectivity index (χ0v) is 12.5. The van der Waals surface area contributed by atoms with Crippen LogP contribution in [-0.4, -0.2) is 23.2 Å². The van der Waals surface area contributed by atoms with Gasteiger partial charge in [-0.25, -0.2) is 4.98 Å². The van der Waals surface area contributed by atoms with Gasteiger partial charge in [0.1, 0.15) is 23.5 Å². The molecule has 2 aromatic rings. The highest BCUT2D eigenvalue weighted by Crippen LogP contribution is 2.33. The minimum atomic E-state index is -0.179. The number of nitrogens with zero attached hydrogens (tertiary/aromatic N) is 1. The average molecular weight is 337 g/mol. The van der Waals surface area contributed by atoms with Gasteiger partial charge in [0.05, 0.1) is 5.69 Å². The van der Waals surface area contributed by atoms with E-state index in [9.17, 15) is 4.79 Å². The summed E-state index contributed by atoms with van der Waals surface area (Å²) >= 11 is 3.26. The summed E-state index contributed by atoms with van der Waals surface area (Å²) < 4.78 is 11.5. The number of H-pyrrole nitrogens is 1. The zero-order valence-electron chi connectivity index (χ0n) is 10.9. The highest BCUT2D eigenvalue weighted by molar-refractivity contribution is 9.10. The Hall–Kier alpha value is -1.82. The Morgan fingerprint density at radius 1 is 1.30 bits per heavy atom. The number of rotatable bonds is 2. The number of aryl methyl sites for hydroxylation is 1. The van der Waals surface area contributed by atoms with E-state index in [-0.39, 0.29) is 5.56 Å². The molecule has 104 valence electrons. The maximum absolute atomic E-state index is 11.9. The third kappa shape index (κ3) is 2.31. The lowest BCUT2D eigenvalue weighted by Gasteiger charge is -2.18. The van der Waals surface area contributed by atoms with Gasteiger partial charge in [-0.1, -0.05) is 6.92 Å². The maximum atomic E-state index is 11.9. The highest BCUT2D eigenvalue weighted by Gasteiger charge is 2.14. The number of halogens is 1. The van der Waals surface area contributed by atoms with Crippen molar-refractivity contribution in [3.63, 3.8) is 0 Å². The van der Waals surface area contributed by atoms with Crippen LogP contribution in [0.2, 0.25) is 0 Å². The molecule has 0 amide bonds. The smallest absolute Gasteiger partial charge is 0.265 e. The number of benzene rings is 1. The number of hydrogen-bond acceptors (Lipinski definition) is 4. The van der Waals surface area contributed by atoms with Gasteiger partial charge in [0, 0.05) is 5.56 Å². The number of nitrogens with one attached hydrogen (secondary N) is 1. The summed E-state index contributed by atoms with van der Waals surface area (Å²) in [6.07, 6.45) is 0.683. The van der Waals surface area contributed by atoms with Crippen molar-refractivity contribution in [2.45, 2.75) is 13.3 Å². The molecule has 0 fully saturated rings. The van der Waals surface area contributed by atoms with E-state index in [1.807, 2.05) is 25.1 Å². The molecule has 0 saturated carbocycles. The molecule has 0 saturated heterocycles. The molecule has 1 aromatic heterocycles. The third-order valence-corrected chi connectivity index (χ3v) is 3.90. The van der Waals surface area contributed by atoms with Crippen molar-refractivity contribution < 1.29 is 9.47 Å². The molecule has 0 unspecified atom stereocenters. The number of fused-ring (bicyclic) bond motifs is 1. The molecule has 6 heteroatoms. The van der Waals surface area contributed by atoms with Crippen molar-refractivity contribution in [3.05, 3.63) is 38.7 Å². The molecule has 1 aromatic carbocycles. The molecule has 1 aliphatic heterocycles. The lowest BCUT2D eigenvalue weighted by atomic mass is 10.1. The second-order valence-corrected chi connectivity index (χ2v) is 5.18. The Bertz CT molecular complexity index is 712. The van der Waals surface area contributed by atoms with Gasteiger partial charge in [0.25, 0.3) is 5.56 Å². The molecule has 0 aliphatic carbocycles. The first-order valence-electron chi connectivity index (χ1n) is 6.37. The van der Waals surface area contributed by atoms with Crippen molar-refractivity contribution in [1.82, 2.24) is 9.97 Å². The van der Waals surface area contributed by atoms with Crippen LogP contribution in [0, 0.1) is 0 Å². The van der Waals surface area contributed by atoms with Gasteiger partial charge in [0.2, 0.25) is 0 Å². The lowest BCUT2D eigenvalue weighted by molar-refractivity contribution is 0.171. The van der Waals surface area contributed by atoms with Crippen molar-refractivity contribution in [2.75, 3.05) is 13.2 Å². The van der Waals surface area contributed by atoms with Crippen molar-refractivity contribution >= 4 is 15.9 Å². The van der Waals surface area contributed by atoms with Crippen molar-refractivity contribution in [1.29, 1.82) is 0 Å². The van der Waals surface area contributed by atoms with E-state index in [4.69, 9.17) is 9.47 Å². The molecule has 1 aliphatic rings. The molecule has 0 radical (unpaired) electrons. The Kier molecular flexibility index (Phi) is 3.48. The minimum absolute atomic E-state index is 0.179. The van der Waals surface area contributed by atoms with Gasteiger partial charge < -0.3 is 14.5 Å². The quantitative estimate of drug-likeness (QED) is 0.915. The summed E-state index contributed by atoms with van der Waals surface area (Å²) in [4.78, 5) is 19.1. The molecule has 1 N–H and O–H groups in total. The predicted octanol–water partition coefficient (Wildman–Crippen LogP) is 2.53. The van der Waals surface area contributed by atoms with Gasteiger partial charge in [-0.15, -0.1) is 0 Å². The number of aromatic nitrogens is 2. The molecular formula is C14H13BrN2O3. The van der Waals surface area contributed by atoms with Crippen LogP contribution in [0.4, 0.5) is 0 Å². The third-order valence-electron chi connectivity index (χ3n) is 3.08. The van der Waals surface area contributed by atoms with Crippen molar-refractivity contribution in [3.8, 4) is 22.9 Å². The summed E-state index contributed by atoms with van der Waals surface area (Å²) in [7, 11) is 0. The van der Waals surface area contributed by atoms with Crippen LogP contribution in [0.3, 0.4) is 0 Å². The first-order chi connectivity index (χ1) is 9.69. The van der Waals surface area contributed by atoms with E-state index in [1.165, 1.54) is 0 Å². The number of hydrogen-bond donors (Lipinski definition) is 1. The lowest BCUT2D eigenvalue weighted by Crippen LogP contribution is -2.16. The van der Waals surface area contributed by atoms with Gasteiger partial charge in [-0.3, -0.25) is 4.79 Å². The Labute approximate surface area is 124 Å². The van der Waals surface area contributed by atoms with E-state index < -0.39 is 0 Å². The fourth-order valence-corrected chi connectivity index (χ4v) is 2.54. The second-order valence-electron chi connectivity index (χ2n) is 4.39. The minimum Gasteiger partial charge on any atom is -0.486 e. The molecule has 0 spiro atoms. The molecule has 20 heavy (non-hydrogen) atoms. The van der Waals surface area contributed by atoms with E-state index in [2.05, 4.69) is 25.9 Å². The van der Waals surface area contributed by atoms with Crippen LogP contribution in [0.1, 0.15) is 12.6 Å². The maximum Gasteiger partial charge on any atom is 0.265 e. The molecule has 5 nitrogen and oxygen atoms in total. The zero-order chi connectivity index (χ0) is 14.1. The summed E-state index contributed by atoms with van der Waals surface area (Å²) in [5.41, 5.74) is 1.36. The molecule has 2 heterocycles. The fraction of sp³-hybridized carbons (Fsp3) is 0.286. The van der Waals surface area contributed by atoms with Crippen LogP contribution in [-0.2, 0) is 6.42 Å². The van der Waals surface area contributed by atoms with Crippen LogP contribution >= 0.6 is 15.9 Å². The van der Waals surface area contributed by atoms with Gasteiger partial charge in [0.15, 0.2) is 11.5 Å². The monoisotopic (exact) mass is 336 g/mol. The highest BCUT2D eigenvalue weighted by atomic mass is 79.9. The molecule has 3 rings (SSSR count). The van der Waals surface area contributed by atoms with E-state index >= 15 is 0 Å². The largest absolute Gasteiger partial charge is 0.486 e. The van der Waals surface area contributed by atoms with E-state index in [0.717, 1.165) is 17.0 Å². The summed E-state index contributed by atoms with van der Waals surface area (Å²) in [6, 6.07) is 5.52. The second kappa shape index (κ2) is 5.28. The summed E-state index contributed by atoms with van der Waals surface area (Å²) in [6.45, 7) is 3.04. The standard InChI is InChI=1S/C14H13BrN2O3/c1-2-9-12(15)14(18)17-13(16-9)8-3-4-10-11(7-8)20-6-5-19-10/h3-4,7H,2,5-6H2,1H3,(H,16,17,18). The number of aromatic amines is 1. The topological polar surface area (TPSA) is 64.2 Å². The van der Waals surface area contributed by atoms with Crippen LogP contribution < -0.4 is 15.0 Å². The van der Waals surface area contributed by atoms with E-state index in [1.54, 1.807) is 0 Å². The van der Waals surface area contributed by atoms with Crippen LogP contribution in [0.25, 0.3) is 11.4 Å². The SMILES string of the molecule is CCc1nc(-c2ccc3c(c2)OCCO3)[nH]c(=O)c1Br. The first kappa shape index (κ1) is 13.2.